The van der Waals surface area contributed by atoms with Gasteiger partial charge in [0, 0.05) is 13.0 Å². The number of carbonyl (C=O) groups excluding carboxylic acids is 2. The summed E-state index contributed by atoms with van der Waals surface area (Å²) in [5.41, 5.74) is 4.46. The van der Waals surface area contributed by atoms with Gasteiger partial charge in [0.15, 0.2) is 0 Å². The summed E-state index contributed by atoms with van der Waals surface area (Å²) < 4.78 is 0. The Kier molecular flexibility index (Phi) is 3.11. The molecule has 0 saturated heterocycles. The molecule has 0 unspecified atom stereocenters. The Morgan fingerprint density at radius 2 is 2.08 bits per heavy atom. The summed E-state index contributed by atoms with van der Waals surface area (Å²) in [5.74, 6) is 0.334. The fraction of sp³-hybridized carbons (Fsp3) is 0.750. The van der Waals surface area contributed by atoms with Gasteiger partial charge >= 0.3 is 6.03 Å². The number of rotatable bonds is 2. The third-order valence-electron chi connectivity index (χ3n) is 2.12. The van der Waals surface area contributed by atoms with Gasteiger partial charge in [0.25, 0.3) is 0 Å². The normalized spacial score (nSPS) is 24.8. The Hall–Kier alpha value is -1.26. The quantitative estimate of drug-likeness (QED) is 0.535. The molecular weight excluding hydrogens is 170 g/mol. The van der Waals surface area contributed by atoms with Crippen LogP contribution in [0.25, 0.3) is 0 Å². The maximum absolute atomic E-state index is 11.0. The van der Waals surface area contributed by atoms with E-state index in [0.717, 1.165) is 12.8 Å². The predicted octanol–water partition coefficient (Wildman–Crippen LogP) is 0.135. The van der Waals surface area contributed by atoms with Crippen molar-refractivity contribution in [1.29, 1.82) is 0 Å². The highest BCUT2D eigenvalue weighted by Gasteiger charge is 2.36. The summed E-state index contributed by atoms with van der Waals surface area (Å²) in [5, 5.41) is 2.75. The van der Waals surface area contributed by atoms with Crippen molar-refractivity contribution in [2.24, 2.45) is 5.92 Å². The van der Waals surface area contributed by atoms with Gasteiger partial charge in [-0.3, -0.25) is 10.2 Å². The maximum Gasteiger partial charge on any atom is 0.333 e. The lowest BCUT2D eigenvalue weighted by Crippen LogP contribution is -2.47. The molecule has 13 heavy (non-hydrogen) atoms. The van der Waals surface area contributed by atoms with Crippen LogP contribution in [0.15, 0.2) is 0 Å². The van der Waals surface area contributed by atoms with Crippen LogP contribution >= 0.6 is 0 Å². The lowest BCUT2D eigenvalue weighted by atomic mass is 10.3. The Balaban J connectivity index is 2.09. The highest BCUT2D eigenvalue weighted by Crippen LogP contribution is 2.32. The molecule has 0 spiro atoms. The van der Waals surface area contributed by atoms with Gasteiger partial charge in [0.2, 0.25) is 5.91 Å². The number of hydrogen-bond donors (Lipinski definition) is 3. The number of hydrazine groups is 1. The van der Waals surface area contributed by atoms with Gasteiger partial charge < -0.3 is 5.32 Å². The zero-order valence-electron chi connectivity index (χ0n) is 7.89. The maximum atomic E-state index is 11.0. The number of hydrogen-bond acceptors (Lipinski definition) is 2. The van der Waals surface area contributed by atoms with Crippen LogP contribution in [0, 0.1) is 5.92 Å². The molecule has 0 aromatic rings. The van der Waals surface area contributed by atoms with Gasteiger partial charge in [-0.2, -0.15) is 0 Å². The lowest BCUT2D eigenvalue weighted by molar-refractivity contribution is -0.119. The molecule has 1 fully saturated rings. The van der Waals surface area contributed by atoms with Gasteiger partial charge in [0.1, 0.15) is 0 Å². The van der Waals surface area contributed by atoms with Crippen LogP contribution in [0.5, 0.6) is 0 Å². The molecule has 2 atom stereocenters. The zero-order chi connectivity index (χ0) is 9.84. The molecule has 0 aliphatic heterocycles. The summed E-state index contributed by atoms with van der Waals surface area (Å²) >= 11 is 0. The first-order chi connectivity index (χ1) is 6.13. The third kappa shape index (κ3) is 3.31. The molecule has 5 heteroatoms. The number of urea groups is 1. The van der Waals surface area contributed by atoms with E-state index < -0.39 is 0 Å². The minimum Gasteiger partial charge on any atom is -0.334 e. The molecule has 5 nitrogen and oxygen atoms in total. The largest absolute Gasteiger partial charge is 0.334 e. The van der Waals surface area contributed by atoms with Crippen molar-refractivity contribution >= 4 is 11.9 Å². The topological polar surface area (TPSA) is 70.2 Å². The van der Waals surface area contributed by atoms with Gasteiger partial charge in [-0.15, -0.1) is 0 Å². The van der Waals surface area contributed by atoms with Crippen LogP contribution in [0.2, 0.25) is 0 Å². The van der Waals surface area contributed by atoms with E-state index in [2.05, 4.69) is 23.1 Å². The van der Waals surface area contributed by atoms with Gasteiger partial charge in [-0.25, -0.2) is 10.2 Å². The molecule has 1 rings (SSSR count). The Morgan fingerprint density at radius 3 is 2.54 bits per heavy atom. The Labute approximate surface area is 77.2 Å². The highest BCUT2D eigenvalue weighted by atomic mass is 16.2. The summed E-state index contributed by atoms with van der Waals surface area (Å²) in [6.45, 7) is 3.43. The molecule has 0 radical (unpaired) electrons. The van der Waals surface area contributed by atoms with E-state index in [1.165, 1.54) is 6.92 Å². The Morgan fingerprint density at radius 1 is 1.38 bits per heavy atom. The molecular formula is C8H15N3O2. The second kappa shape index (κ2) is 4.11. The van der Waals surface area contributed by atoms with E-state index in [9.17, 15) is 9.59 Å². The van der Waals surface area contributed by atoms with Crippen molar-refractivity contribution in [2.75, 3.05) is 0 Å². The molecule has 1 aliphatic rings. The molecule has 3 amide bonds. The molecule has 0 heterocycles. The molecule has 3 N–H and O–H groups in total. The first kappa shape index (κ1) is 9.83. The smallest absolute Gasteiger partial charge is 0.333 e. The SMILES string of the molecule is CC[C@@H]1C[C@H]1NC(=O)NNC(C)=O. The molecule has 0 aromatic heterocycles. The van der Waals surface area contributed by atoms with Crippen molar-refractivity contribution in [2.45, 2.75) is 32.7 Å². The van der Waals surface area contributed by atoms with Crippen molar-refractivity contribution in [3.05, 3.63) is 0 Å². The number of amides is 3. The second-order valence-electron chi connectivity index (χ2n) is 3.29. The fourth-order valence-electron chi connectivity index (χ4n) is 1.22. The van der Waals surface area contributed by atoms with Crippen molar-refractivity contribution in [3.8, 4) is 0 Å². The standard InChI is InChI=1S/C8H15N3O2/c1-3-6-4-7(6)9-8(13)11-10-5(2)12/h6-7H,3-4H2,1-2H3,(H,10,12)(H2,9,11,13)/t6-,7-/m1/s1. The van der Waals surface area contributed by atoms with Crippen LogP contribution in [0.4, 0.5) is 4.79 Å². The summed E-state index contributed by atoms with van der Waals surface area (Å²) in [7, 11) is 0. The Bertz CT molecular complexity index is 217. The number of carbonyl (C=O) groups is 2. The van der Waals surface area contributed by atoms with E-state index in [4.69, 9.17) is 0 Å². The van der Waals surface area contributed by atoms with Crippen LogP contribution in [0.3, 0.4) is 0 Å². The van der Waals surface area contributed by atoms with E-state index in [1.54, 1.807) is 0 Å². The molecule has 74 valence electrons. The van der Waals surface area contributed by atoms with Crippen molar-refractivity contribution in [1.82, 2.24) is 16.2 Å². The highest BCUT2D eigenvalue weighted by molar-refractivity contribution is 5.79. The predicted molar refractivity (Wildman–Crippen MR) is 47.7 cm³/mol. The minimum atomic E-state index is -0.337. The lowest BCUT2D eigenvalue weighted by Gasteiger charge is -2.06. The van der Waals surface area contributed by atoms with E-state index in [0.29, 0.717) is 12.0 Å². The first-order valence-electron chi connectivity index (χ1n) is 4.46. The van der Waals surface area contributed by atoms with Crippen LogP contribution in [-0.2, 0) is 4.79 Å². The average molecular weight is 185 g/mol. The van der Waals surface area contributed by atoms with Crippen LogP contribution < -0.4 is 16.2 Å². The van der Waals surface area contributed by atoms with E-state index in [-0.39, 0.29) is 11.9 Å². The first-order valence-corrected chi connectivity index (χ1v) is 4.46. The monoisotopic (exact) mass is 185 g/mol. The summed E-state index contributed by atoms with van der Waals surface area (Å²) in [6.07, 6.45) is 2.13. The van der Waals surface area contributed by atoms with Gasteiger partial charge in [-0.1, -0.05) is 13.3 Å². The van der Waals surface area contributed by atoms with Crippen LogP contribution in [-0.4, -0.2) is 18.0 Å². The average Bonchev–Trinajstić information content (AvgIpc) is 2.80. The molecule has 0 bridgehead atoms. The van der Waals surface area contributed by atoms with Gasteiger partial charge in [0.05, 0.1) is 0 Å². The second-order valence-corrected chi connectivity index (χ2v) is 3.29. The van der Waals surface area contributed by atoms with Crippen LogP contribution in [0.1, 0.15) is 26.7 Å². The third-order valence-corrected chi connectivity index (χ3v) is 2.12. The number of nitrogens with one attached hydrogen (secondary N) is 3. The summed E-state index contributed by atoms with van der Waals surface area (Å²) in [4.78, 5) is 21.4. The molecule has 0 aromatic carbocycles. The van der Waals surface area contributed by atoms with E-state index >= 15 is 0 Å². The van der Waals surface area contributed by atoms with Gasteiger partial charge in [-0.05, 0) is 12.3 Å². The molecule has 1 saturated carbocycles. The summed E-state index contributed by atoms with van der Waals surface area (Å²) in [6, 6.07) is -0.0464. The fourth-order valence-corrected chi connectivity index (χ4v) is 1.22. The van der Waals surface area contributed by atoms with Crippen molar-refractivity contribution < 1.29 is 9.59 Å². The van der Waals surface area contributed by atoms with E-state index in [1.807, 2.05) is 0 Å². The minimum absolute atomic E-state index is 0.280. The zero-order valence-corrected chi connectivity index (χ0v) is 7.89. The van der Waals surface area contributed by atoms with Crippen molar-refractivity contribution in [3.63, 3.8) is 0 Å². The molecule has 1 aliphatic carbocycles.